The molecule has 6 aliphatic rings. The van der Waals surface area contributed by atoms with Gasteiger partial charge in [0.25, 0.3) is 0 Å². The Balaban J connectivity index is 0.00000114. The van der Waals surface area contributed by atoms with Crippen LogP contribution >= 0.6 is 22.9 Å². The lowest BCUT2D eigenvalue weighted by Crippen LogP contribution is -2.45. The number of nitrogen functional groups attached to an aromatic ring is 1. The first-order valence-corrected chi connectivity index (χ1v) is 19.7. The first-order chi connectivity index (χ1) is 25.2. The van der Waals surface area contributed by atoms with Gasteiger partial charge >= 0.3 is 6.01 Å². The van der Waals surface area contributed by atoms with Gasteiger partial charge in [-0.25, -0.2) is 8.78 Å². The number of carbonyl (C=O) groups excluding carboxylic acids is 1. The second-order valence-corrected chi connectivity index (χ2v) is 16.7. The molecule has 0 bridgehead atoms. The van der Waals surface area contributed by atoms with Crippen molar-refractivity contribution in [3.63, 3.8) is 0 Å². The molecule has 3 atom stereocenters. The second kappa shape index (κ2) is 13.2. The number of halogens is 3. The van der Waals surface area contributed by atoms with Crippen molar-refractivity contribution in [3.05, 3.63) is 40.4 Å². The average Bonchev–Trinajstić information content (AvgIpc) is 4.05. The Kier molecular flexibility index (Phi) is 8.64. The lowest BCUT2D eigenvalue weighted by atomic mass is 9.88. The van der Waals surface area contributed by atoms with Gasteiger partial charge in [-0.05, 0) is 74.7 Å². The van der Waals surface area contributed by atoms with Crippen LogP contribution in [0.1, 0.15) is 56.9 Å². The van der Waals surface area contributed by atoms with Crippen LogP contribution < -0.4 is 20.7 Å². The number of benzene rings is 2. The Morgan fingerprint density at radius 2 is 1.85 bits per heavy atom. The monoisotopic (exact) mass is 746 g/mol. The SMILES string of the molecule is C1CC1.N#Cc1c(N)sc2c(F)ccc(-c3c(Cl)cc4c(N5CC6CCN(C(=O)C7CN7)CC6C5)nc(OCC56CCCN5CCC6)nc4c3F)c12. The molecule has 10 rings (SSSR count). The zero-order chi connectivity index (χ0) is 35.7. The van der Waals surface area contributed by atoms with Gasteiger partial charge in [0.1, 0.15) is 34.8 Å². The van der Waals surface area contributed by atoms with Crippen LogP contribution in [0, 0.1) is 34.8 Å². The molecular formula is C38H41ClF2N8O2S. The summed E-state index contributed by atoms with van der Waals surface area (Å²) >= 11 is 7.87. The molecule has 5 saturated heterocycles. The molecular weight excluding hydrogens is 706 g/mol. The molecule has 0 radical (unpaired) electrons. The summed E-state index contributed by atoms with van der Waals surface area (Å²) in [5.41, 5.74) is 6.43. The van der Waals surface area contributed by atoms with Crippen LogP contribution in [-0.2, 0) is 4.79 Å². The van der Waals surface area contributed by atoms with Crippen molar-refractivity contribution in [3.8, 4) is 23.2 Å². The molecule has 2 aromatic carbocycles. The number of nitriles is 1. The van der Waals surface area contributed by atoms with Gasteiger partial charge in [-0.3, -0.25) is 9.69 Å². The number of nitrogens with zero attached hydrogens (tertiary/aromatic N) is 6. The highest BCUT2D eigenvalue weighted by Crippen LogP contribution is 2.47. The minimum absolute atomic E-state index is 0.0124. The van der Waals surface area contributed by atoms with Crippen LogP contribution in [0.25, 0.3) is 32.1 Å². The molecule has 5 aliphatic heterocycles. The van der Waals surface area contributed by atoms with Gasteiger partial charge in [0, 0.05) is 49.1 Å². The molecule has 1 amide bonds. The third-order valence-electron chi connectivity index (χ3n) is 11.8. The van der Waals surface area contributed by atoms with E-state index in [4.69, 9.17) is 27.1 Å². The fourth-order valence-corrected chi connectivity index (χ4v) is 10.1. The van der Waals surface area contributed by atoms with Gasteiger partial charge < -0.3 is 25.6 Å². The maximum Gasteiger partial charge on any atom is 0.319 e. The number of nitrogens with one attached hydrogen (secondary N) is 1. The number of hydrogen-bond donors (Lipinski definition) is 2. The predicted molar refractivity (Wildman–Crippen MR) is 199 cm³/mol. The van der Waals surface area contributed by atoms with Gasteiger partial charge in [0.15, 0.2) is 5.82 Å². The number of likely N-dealkylation sites (tertiary alicyclic amines) is 1. The van der Waals surface area contributed by atoms with E-state index in [1.54, 1.807) is 6.07 Å². The number of fused-ring (bicyclic) bond motifs is 4. The maximum atomic E-state index is 17.1. The zero-order valence-electron chi connectivity index (χ0n) is 28.9. The van der Waals surface area contributed by atoms with Crippen molar-refractivity contribution in [1.82, 2.24) is 25.1 Å². The highest BCUT2D eigenvalue weighted by Gasteiger charge is 2.46. The summed E-state index contributed by atoms with van der Waals surface area (Å²) < 4.78 is 38.6. The van der Waals surface area contributed by atoms with Gasteiger partial charge in [-0.15, -0.1) is 11.3 Å². The van der Waals surface area contributed by atoms with Crippen molar-refractivity contribution >= 4 is 60.7 Å². The lowest BCUT2D eigenvalue weighted by molar-refractivity contribution is -0.132. The summed E-state index contributed by atoms with van der Waals surface area (Å²) in [6.45, 7) is 5.98. The van der Waals surface area contributed by atoms with E-state index in [1.807, 2.05) is 4.90 Å². The number of anilines is 2. The van der Waals surface area contributed by atoms with E-state index in [0.717, 1.165) is 69.6 Å². The van der Waals surface area contributed by atoms with Crippen LogP contribution in [0.5, 0.6) is 6.01 Å². The number of thiophene rings is 1. The molecule has 14 heteroatoms. The van der Waals surface area contributed by atoms with Crippen molar-refractivity contribution in [1.29, 1.82) is 5.26 Å². The molecule has 4 aromatic rings. The van der Waals surface area contributed by atoms with Crippen molar-refractivity contribution in [2.45, 2.75) is 62.9 Å². The van der Waals surface area contributed by atoms with E-state index in [9.17, 15) is 14.4 Å². The molecule has 3 N–H and O–H groups in total. The van der Waals surface area contributed by atoms with E-state index in [2.05, 4.69) is 26.2 Å². The zero-order valence-corrected chi connectivity index (χ0v) is 30.5. The molecule has 3 unspecified atom stereocenters. The van der Waals surface area contributed by atoms with Crippen molar-refractivity contribution < 1.29 is 18.3 Å². The Bertz CT molecular complexity index is 2120. The van der Waals surface area contributed by atoms with E-state index in [-0.39, 0.29) is 71.7 Å². The highest BCUT2D eigenvalue weighted by molar-refractivity contribution is 7.23. The second-order valence-electron chi connectivity index (χ2n) is 15.3. The molecule has 0 spiro atoms. The van der Waals surface area contributed by atoms with Crippen molar-refractivity contribution in [2.24, 2.45) is 11.8 Å². The number of rotatable bonds is 6. The average molecular weight is 747 g/mol. The number of amides is 1. The molecule has 272 valence electrons. The van der Waals surface area contributed by atoms with Gasteiger partial charge in [-0.1, -0.05) is 36.9 Å². The van der Waals surface area contributed by atoms with E-state index < -0.39 is 11.6 Å². The van der Waals surface area contributed by atoms with Gasteiger partial charge in [0.05, 0.1) is 26.9 Å². The van der Waals surface area contributed by atoms with Gasteiger partial charge in [0.2, 0.25) is 5.91 Å². The molecule has 10 nitrogen and oxygen atoms in total. The summed E-state index contributed by atoms with van der Waals surface area (Å²) in [7, 11) is 0. The number of piperidine rings is 1. The summed E-state index contributed by atoms with van der Waals surface area (Å²) in [5, 5.41) is 13.9. The first kappa shape index (κ1) is 34.0. The van der Waals surface area contributed by atoms with Gasteiger partial charge in [-0.2, -0.15) is 15.2 Å². The molecule has 6 fully saturated rings. The summed E-state index contributed by atoms with van der Waals surface area (Å²) in [6, 6.07) is 6.43. The number of carbonyl (C=O) groups is 1. The molecule has 2 aromatic heterocycles. The Labute approximate surface area is 309 Å². The third-order valence-corrected chi connectivity index (χ3v) is 13.1. The predicted octanol–water partition coefficient (Wildman–Crippen LogP) is 6.33. The summed E-state index contributed by atoms with van der Waals surface area (Å²) in [6.07, 6.45) is 9.68. The van der Waals surface area contributed by atoms with Crippen LogP contribution in [0.2, 0.25) is 5.02 Å². The Hall–Kier alpha value is -3.83. The largest absolute Gasteiger partial charge is 0.461 e. The smallest absolute Gasteiger partial charge is 0.319 e. The molecule has 7 heterocycles. The number of hydrogen-bond acceptors (Lipinski definition) is 10. The van der Waals surface area contributed by atoms with Crippen LogP contribution in [0.4, 0.5) is 19.6 Å². The normalized spacial score (nSPS) is 24.4. The van der Waals surface area contributed by atoms with Crippen molar-refractivity contribution in [2.75, 3.05) is 63.1 Å². The Morgan fingerprint density at radius 1 is 1.10 bits per heavy atom. The Morgan fingerprint density at radius 3 is 2.56 bits per heavy atom. The number of nitrogens with two attached hydrogens (primary N) is 1. The van der Waals surface area contributed by atoms with E-state index in [1.165, 1.54) is 31.4 Å². The fraction of sp³-hybridized carbons (Fsp3) is 0.526. The van der Waals surface area contributed by atoms with E-state index in [0.29, 0.717) is 43.4 Å². The van der Waals surface area contributed by atoms with Crippen LogP contribution in [0.3, 0.4) is 0 Å². The molecule has 52 heavy (non-hydrogen) atoms. The number of ether oxygens (including phenoxy) is 1. The quantitative estimate of drug-likeness (QED) is 0.217. The minimum atomic E-state index is -0.704. The lowest BCUT2D eigenvalue weighted by Gasteiger charge is -2.34. The fourth-order valence-electron chi connectivity index (χ4n) is 8.88. The standard InChI is InChI=1S/C35H35ClF2N8O2S.C3H6/c36-23-11-21-29(28(38)27(23)20-3-4-24(37)30-26(20)22(12-39)31(40)49-30)42-34(48-17-35-6-1-8-46(35)9-2-7-35)43-32(21)45-14-18-5-10-44(15-19(18)16-45)33(47)25-13-41-25;1-2-3-1/h3-4,11,18-19,25,41H,1-2,5-10,13-17,40H2;1-3H2. The molecule has 1 aliphatic carbocycles. The summed E-state index contributed by atoms with van der Waals surface area (Å²) in [5.74, 6) is 0.0507. The highest BCUT2D eigenvalue weighted by atomic mass is 35.5. The number of aromatic nitrogens is 2. The third kappa shape index (κ3) is 5.92. The van der Waals surface area contributed by atoms with E-state index >= 15 is 4.39 Å². The maximum absolute atomic E-state index is 17.1. The minimum Gasteiger partial charge on any atom is -0.461 e. The summed E-state index contributed by atoms with van der Waals surface area (Å²) in [4.78, 5) is 29.1. The topological polar surface area (TPSA) is 134 Å². The van der Waals surface area contributed by atoms with Crippen LogP contribution in [0.15, 0.2) is 18.2 Å². The molecule has 1 saturated carbocycles. The van der Waals surface area contributed by atoms with Crippen LogP contribution in [-0.4, -0.2) is 89.7 Å². The first-order valence-electron chi connectivity index (χ1n) is 18.5.